The first-order valence-corrected chi connectivity index (χ1v) is 5.35. The van der Waals surface area contributed by atoms with Crippen molar-refractivity contribution in [3.8, 4) is 0 Å². The number of aromatic nitrogens is 1. The second-order valence-corrected chi connectivity index (χ2v) is 3.82. The van der Waals surface area contributed by atoms with E-state index < -0.39 is 0 Å². The van der Waals surface area contributed by atoms with Gasteiger partial charge < -0.3 is 4.90 Å². The molecule has 1 aromatic heterocycles. The molecule has 1 aliphatic rings. The maximum Gasteiger partial charge on any atom is 0.324 e. The largest absolute Gasteiger partial charge is 0.324 e. The first kappa shape index (κ1) is 11.3. The van der Waals surface area contributed by atoms with Crippen molar-refractivity contribution in [1.29, 1.82) is 0 Å². The number of nitrogens with one attached hydrogen (secondary N) is 1. The third-order valence-corrected chi connectivity index (χ3v) is 2.57. The summed E-state index contributed by atoms with van der Waals surface area (Å²) in [6.07, 6.45) is 3.72. The van der Waals surface area contributed by atoms with Crippen LogP contribution in [0.1, 0.15) is 17.7 Å². The molecule has 0 aliphatic carbocycles. The van der Waals surface area contributed by atoms with Gasteiger partial charge in [-0.2, -0.15) is 0 Å². The fraction of sp³-hybridized carbons (Fsp3) is 0.250. The Kier molecular flexibility index (Phi) is 3.18. The molecule has 0 saturated carbocycles. The minimum Gasteiger partial charge on any atom is -0.320 e. The van der Waals surface area contributed by atoms with E-state index in [0.29, 0.717) is 19.5 Å². The molecule has 3 amide bonds. The van der Waals surface area contributed by atoms with E-state index in [1.807, 2.05) is 12.1 Å². The van der Waals surface area contributed by atoms with Crippen molar-refractivity contribution in [2.45, 2.75) is 13.0 Å². The lowest BCUT2D eigenvalue weighted by molar-refractivity contribution is -0.121. The summed E-state index contributed by atoms with van der Waals surface area (Å²) in [5.74, 6) is -0.216. The number of carbonyl (C=O) groups excluding carboxylic acids is 2. The average molecular weight is 231 g/mol. The highest BCUT2D eigenvalue weighted by molar-refractivity contribution is 5.96. The zero-order valence-corrected chi connectivity index (χ0v) is 9.35. The molecule has 0 spiro atoms. The summed E-state index contributed by atoms with van der Waals surface area (Å²) in [5, 5.41) is 2.28. The van der Waals surface area contributed by atoms with E-state index in [1.54, 1.807) is 17.2 Å². The molecule has 1 saturated heterocycles. The predicted molar refractivity (Wildman–Crippen MR) is 62.9 cm³/mol. The standard InChI is InChI=1S/C12H13N3O2/c1-2-10-4-3-9(7-13-10)8-15-6-5-11(16)14-12(15)17/h2-4,7H,1,5-6,8H2,(H,14,16,17). The van der Waals surface area contributed by atoms with Crippen LogP contribution in [0.5, 0.6) is 0 Å². The Morgan fingerprint density at radius 3 is 2.88 bits per heavy atom. The molecular formula is C12H13N3O2. The molecule has 0 bridgehead atoms. The zero-order chi connectivity index (χ0) is 12.3. The van der Waals surface area contributed by atoms with Crippen LogP contribution < -0.4 is 5.32 Å². The number of hydrogen-bond donors (Lipinski definition) is 1. The molecule has 0 aromatic carbocycles. The Balaban J connectivity index is 2.02. The van der Waals surface area contributed by atoms with E-state index in [-0.39, 0.29) is 11.9 Å². The molecule has 17 heavy (non-hydrogen) atoms. The normalized spacial score (nSPS) is 15.6. The maximum atomic E-state index is 11.5. The predicted octanol–water partition coefficient (Wildman–Crippen LogP) is 1.17. The van der Waals surface area contributed by atoms with Crippen molar-refractivity contribution >= 4 is 18.0 Å². The second kappa shape index (κ2) is 4.78. The van der Waals surface area contributed by atoms with Gasteiger partial charge in [0.1, 0.15) is 0 Å². The third-order valence-electron chi connectivity index (χ3n) is 2.57. The summed E-state index contributed by atoms with van der Waals surface area (Å²) in [7, 11) is 0. The van der Waals surface area contributed by atoms with E-state index in [9.17, 15) is 9.59 Å². The van der Waals surface area contributed by atoms with Crippen molar-refractivity contribution in [2.75, 3.05) is 6.54 Å². The summed E-state index contributed by atoms with van der Waals surface area (Å²) in [5.41, 5.74) is 1.73. The van der Waals surface area contributed by atoms with Gasteiger partial charge in [0.25, 0.3) is 0 Å². The highest BCUT2D eigenvalue weighted by Gasteiger charge is 2.22. The SMILES string of the molecule is C=Cc1ccc(CN2CCC(=O)NC2=O)cn1. The van der Waals surface area contributed by atoms with Crippen LogP contribution >= 0.6 is 0 Å². The van der Waals surface area contributed by atoms with Gasteiger partial charge in [0.15, 0.2) is 0 Å². The zero-order valence-electron chi connectivity index (χ0n) is 9.35. The number of nitrogens with zero attached hydrogens (tertiary/aromatic N) is 2. The number of carbonyl (C=O) groups is 2. The molecule has 5 heteroatoms. The van der Waals surface area contributed by atoms with E-state index in [2.05, 4.69) is 16.9 Å². The second-order valence-electron chi connectivity index (χ2n) is 3.82. The molecule has 1 aliphatic heterocycles. The molecule has 1 aromatic rings. The summed E-state index contributed by atoms with van der Waals surface area (Å²) in [6, 6.07) is 3.40. The Hall–Kier alpha value is -2.17. The summed E-state index contributed by atoms with van der Waals surface area (Å²) >= 11 is 0. The first-order valence-electron chi connectivity index (χ1n) is 5.35. The fourth-order valence-electron chi connectivity index (χ4n) is 1.62. The van der Waals surface area contributed by atoms with Gasteiger partial charge >= 0.3 is 6.03 Å². The van der Waals surface area contributed by atoms with Crippen LogP contribution in [0.2, 0.25) is 0 Å². The molecule has 88 valence electrons. The Morgan fingerprint density at radius 2 is 2.29 bits per heavy atom. The molecule has 2 rings (SSSR count). The monoisotopic (exact) mass is 231 g/mol. The van der Waals surface area contributed by atoms with Gasteiger partial charge in [0.05, 0.1) is 5.69 Å². The number of imide groups is 1. The highest BCUT2D eigenvalue weighted by Crippen LogP contribution is 2.08. The van der Waals surface area contributed by atoms with Crippen LogP contribution in [0.25, 0.3) is 6.08 Å². The smallest absolute Gasteiger partial charge is 0.320 e. The molecule has 0 radical (unpaired) electrons. The van der Waals surface area contributed by atoms with Crippen molar-refractivity contribution in [1.82, 2.24) is 15.2 Å². The molecule has 1 N–H and O–H groups in total. The summed E-state index contributed by atoms with van der Waals surface area (Å²) < 4.78 is 0. The maximum absolute atomic E-state index is 11.5. The number of hydrogen-bond acceptors (Lipinski definition) is 3. The number of pyridine rings is 1. The van der Waals surface area contributed by atoms with E-state index in [1.165, 1.54) is 0 Å². The van der Waals surface area contributed by atoms with E-state index in [4.69, 9.17) is 0 Å². The molecule has 1 fully saturated rings. The highest BCUT2D eigenvalue weighted by atomic mass is 16.2. The third kappa shape index (κ3) is 2.69. The fourth-order valence-corrected chi connectivity index (χ4v) is 1.62. The van der Waals surface area contributed by atoms with Crippen LogP contribution in [-0.2, 0) is 11.3 Å². The minimum absolute atomic E-state index is 0.216. The van der Waals surface area contributed by atoms with Gasteiger partial charge in [-0.15, -0.1) is 0 Å². The molecule has 0 atom stereocenters. The van der Waals surface area contributed by atoms with Crippen LogP contribution in [0.4, 0.5) is 4.79 Å². The van der Waals surface area contributed by atoms with Gasteiger partial charge in [-0.05, 0) is 17.7 Å². The van der Waals surface area contributed by atoms with Crippen LogP contribution in [0.3, 0.4) is 0 Å². The lowest BCUT2D eigenvalue weighted by Crippen LogP contribution is -2.48. The summed E-state index contributed by atoms with van der Waals surface area (Å²) in [6.45, 7) is 4.54. The van der Waals surface area contributed by atoms with Gasteiger partial charge in [-0.3, -0.25) is 15.1 Å². The summed E-state index contributed by atoms with van der Waals surface area (Å²) in [4.78, 5) is 28.2. The topological polar surface area (TPSA) is 62.3 Å². The number of urea groups is 1. The average Bonchev–Trinajstić information content (AvgIpc) is 2.34. The van der Waals surface area contributed by atoms with Crippen LogP contribution in [-0.4, -0.2) is 28.4 Å². The lowest BCUT2D eigenvalue weighted by atomic mass is 10.2. The lowest BCUT2D eigenvalue weighted by Gasteiger charge is -2.26. The number of rotatable bonds is 3. The van der Waals surface area contributed by atoms with E-state index in [0.717, 1.165) is 11.3 Å². The molecular weight excluding hydrogens is 218 g/mol. The van der Waals surface area contributed by atoms with Gasteiger partial charge in [-0.25, -0.2) is 4.79 Å². The Bertz CT molecular complexity index is 453. The molecule has 5 nitrogen and oxygen atoms in total. The van der Waals surface area contributed by atoms with Crippen LogP contribution in [0.15, 0.2) is 24.9 Å². The van der Waals surface area contributed by atoms with Crippen molar-refractivity contribution in [2.24, 2.45) is 0 Å². The minimum atomic E-state index is -0.339. The van der Waals surface area contributed by atoms with Crippen LogP contribution in [0, 0.1) is 0 Å². The molecule has 2 heterocycles. The van der Waals surface area contributed by atoms with E-state index >= 15 is 0 Å². The Labute approximate surface area is 99.1 Å². The van der Waals surface area contributed by atoms with Gasteiger partial charge in [-0.1, -0.05) is 12.6 Å². The van der Waals surface area contributed by atoms with Crippen molar-refractivity contribution in [3.05, 3.63) is 36.2 Å². The van der Waals surface area contributed by atoms with Crippen molar-refractivity contribution in [3.63, 3.8) is 0 Å². The Morgan fingerprint density at radius 1 is 1.47 bits per heavy atom. The van der Waals surface area contributed by atoms with Gasteiger partial charge in [0.2, 0.25) is 5.91 Å². The number of amides is 3. The van der Waals surface area contributed by atoms with Crippen molar-refractivity contribution < 1.29 is 9.59 Å². The first-order chi connectivity index (χ1) is 8.19. The quantitative estimate of drug-likeness (QED) is 0.849. The molecule has 0 unspecified atom stereocenters. The van der Waals surface area contributed by atoms with Gasteiger partial charge in [0, 0.05) is 25.7 Å².